The van der Waals surface area contributed by atoms with Crippen LogP contribution in [0.25, 0.3) is 11.3 Å². The van der Waals surface area contributed by atoms with Gasteiger partial charge in [-0.1, -0.05) is 37.2 Å². The number of hydrogen-bond acceptors (Lipinski definition) is 3. The van der Waals surface area contributed by atoms with Gasteiger partial charge in [0.2, 0.25) is 0 Å². The van der Waals surface area contributed by atoms with Crippen LogP contribution in [-0.2, 0) is 0 Å². The lowest BCUT2D eigenvalue weighted by Crippen LogP contribution is -1.95. The molecule has 0 aliphatic carbocycles. The van der Waals surface area contributed by atoms with Gasteiger partial charge in [0.1, 0.15) is 0 Å². The first kappa shape index (κ1) is 11.7. The quantitative estimate of drug-likeness (QED) is 0.868. The number of hydrogen-bond donors (Lipinski definition) is 1. The van der Waals surface area contributed by atoms with Gasteiger partial charge in [-0.25, -0.2) is 0 Å². The second-order valence-electron chi connectivity index (χ2n) is 4.25. The Kier molecular flexibility index (Phi) is 3.47. The van der Waals surface area contributed by atoms with Crippen molar-refractivity contribution in [2.75, 3.05) is 5.73 Å². The summed E-state index contributed by atoms with van der Waals surface area (Å²) >= 11 is 0. The Hall–Kier alpha value is -1.77. The van der Waals surface area contributed by atoms with Crippen LogP contribution >= 0.6 is 0 Å². The molecule has 0 saturated carbocycles. The zero-order valence-electron chi connectivity index (χ0n) is 10.3. The summed E-state index contributed by atoms with van der Waals surface area (Å²) in [7, 11) is 0. The molecular weight excluding hydrogens is 212 g/mol. The van der Waals surface area contributed by atoms with E-state index in [2.05, 4.69) is 37.2 Å². The summed E-state index contributed by atoms with van der Waals surface area (Å²) in [5.74, 6) is 1.76. The average molecular weight is 230 g/mol. The number of nitrogens with two attached hydrogens (primary N) is 1. The van der Waals surface area contributed by atoms with E-state index in [0.29, 0.717) is 11.7 Å². The van der Waals surface area contributed by atoms with Gasteiger partial charge in [0.15, 0.2) is 11.6 Å². The van der Waals surface area contributed by atoms with Crippen LogP contribution in [0.4, 0.5) is 5.82 Å². The van der Waals surface area contributed by atoms with Crippen LogP contribution in [0.1, 0.15) is 38.2 Å². The topological polar surface area (TPSA) is 52.0 Å². The van der Waals surface area contributed by atoms with E-state index < -0.39 is 0 Å². The summed E-state index contributed by atoms with van der Waals surface area (Å²) in [4.78, 5) is 0. The summed E-state index contributed by atoms with van der Waals surface area (Å²) in [6.07, 6.45) is 2.30. The van der Waals surface area contributed by atoms with Crippen molar-refractivity contribution >= 4 is 5.82 Å². The normalized spacial score (nSPS) is 11.0. The van der Waals surface area contributed by atoms with E-state index in [-0.39, 0.29) is 0 Å². The van der Waals surface area contributed by atoms with Crippen molar-refractivity contribution in [1.82, 2.24) is 5.16 Å². The molecule has 2 N–H and O–H groups in total. The fraction of sp³-hybridized carbons (Fsp3) is 0.357. The molecule has 3 heteroatoms. The molecule has 0 spiro atoms. The van der Waals surface area contributed by atoms with Gasteiger partial charge < -0.3 is 10.3 Å². The average Bonchev–Trinajstić information content (AvgIpc) is 2.78. The highest BCUT2D eigenvalue weighted by Gasteiger charge is 2.10. The van der Waals surface area contributed by atoms with E-state index in [0.717, 1.165) is 24.2 Å². The third kappa shape index (κ3) is 2.49. The number of anilines is 1. The van der Waals surface area contributed by atoms with Crippen LogP contribution in [0.15, 0.2) is 34.9 Å². The Bertz CT molecular complexity index is 486. The van der Waals surface area contributed by atoms with Gasteiger partial charge in [0.05, 0.1) is 0 Å². The molecule has 2 aromatic rings. The Morgan fingerprint density at radius 3 is 2.59 bits per heavy atom. The predicted octanol–water partition coefficient (Wildman–Crippen LogP) is 3.83. The van der Waals surface area contributed by atoms with Crippen LogP contribution in [-0.4, -0.2) is 5.16 Å². The van der Waals surface area contributed by atoms with Crippen molar-refractivity contribution in [3.8, 4) is 11.3 Å². The van der Waals surface area contributed by atoms with Gasteiger partial charge in [-0.3, -0.25) is 0 Å². The molecule has 2 rings (SSSR count). The van der Waals surface area contributed by atoms with Gasteiger partial charge in [-0.15, -0.1) is 0 Å². The summed E-state index contributed by atoms with van der Waals surface area (Å²) in [5.41, 5.74) is 7.95. The molecule has 0 bridgehead atoms. The number of aromatic nitrogens is 1. The molecule has 90 valence electrons. The second kappa shape index (κ2) is 5.04. The standard InChI is InChI=1S/C14H18N2O/c1-3-10(4-2)11-6-5-7-12(8-11)13-9-14(15)16-17-13/h5-10H,3-4H2,1-2H3,(H2,15,16). The zero-order chi connectivity index (χ0) is 12.3. The Morgan fingerprint density at radius 2 is 2.00 bits per heavy atom. The summed E-state index contributed by atoms with van der Waals surface area (Å²) in [6.45, 7) is 4.43. The van der Waals surface area contributed by atoms with E-state index >= 15 is 0 Å². The molecule has 17 heavy (non-hydrogen) atoms. The summed E-state index contributed by atoms with van der Waals surface area (Å²) < 4.78 is 5.18. The number of rotatable bonds is 4. The van der Waals surface area contributed by atoms with Gasteiger partial charge in [0.25, 0.3) is 0 Å². The minimum Gasteiger partial charge on any atom is -0.381 e. The maximum atomic E-state index is 5.56. The van der Waals surface area contributed by atoms with Crippen molar-refractivity contribution in [3.63, 3.8) is 0 Å². The molecule has 1 aromatic heterocycles. The van der Waals surface area contributed by atoms with Crippen LogP contribution in [0.2, 0.25) is 0 Å². The highest BCUT2D eigenvalue weighted by molar-refractivity contribution is 5.61. The SMILES string of the molecule is CCC(CC)c1cccc(-c2cc(N)no2)c1. The van der Waals surface area contributed by atoms with Crippen molar-refractivity contribution in [1.29, 1.82) is 0 Å². The Morgan fingerprint density at radius 1 is 1.24 bits per heavy atom. The molecule has 1 heterocycles. The molecule has 3 nitrogen and oxygen atoms in total. The lowest BCUT2D eigenvalue weighted by Gasteiger charge is -2.13. The molecule has 0 fully saturated rings. The smallest absolute Gasteiger partial charge is 0.169 e. The highest BCUT2D eigenvalue weighted by atomic mass is 16.5. The largest absolute Gasteiger partial charge is 0.381 e. The van der Waals surface area contributed by atoms with Gasteiger partial charge in [0, 0.05) is 11.6 Å². The summed E-state index contributed by atoms with van der Waals surface area (Å²) in [6, 6.07) is 10.2. The maximum absolute atomic E-state index is 5.56. The van der Waals surface area contributed by atoms with E-state index in [4.69, 9.17) is 10.3 Å². The van der Waals surface area contributed by atoms with Gasteiger partial charge >= 0.3 is 0 Å². The molecule has 0 unspecified atom stereocenters. The van der Waals surface area contributed by atoms with Crippen LogP contribution in [0.3, 0.4) is 0 Å². The van der Waals surface area contributed by atoms with E-state index in [1.165, 1.54) is 5.56 Å². The van der Waals surface area contributed by atoms with Crippen molar-refractivity contribution in [3.05, 3.63) is 35.9 Å². The third-order valence-corrected chi connectivity index (χ3v) is 3.16. The van der Waals surface area contributed by atoms with Crippen molar-refractivity contribution < 1.29 is 4.52 Å². The molecule has 1 aromatic carbocycles. The second-order valence-corrected chi connectivity index (χ2v) is 4.25. The fourth-order valence-corrected chi connectivity index (χ4v) is 2.13. The van der Waals surface area contributed by atoms with Gasteiger partial charge in [-0.2, -0.15) is 0 Å². The maximum Gasteiger partial charge on any atom is 0.169 e. The van der Waals surface area contributed by atoms with E-state index in [9.17, 15) is 0 Å². The molecule has 0 aliphatic rings. The first-order valence-corrected chi connectivity index (χ1v) is 6.07. The third-order valence-electron chi connectivity index (χ3n) is 3.16. The lowest BCUT2D eigenvalue weighted by atomic mass is 9.92. The zero-order valence-corrected chi connectivity index (χ0v) is 10.3. The fourth-order valence-electron chi connectivity index (χ4n) is 2.13. The first-order chi connectivity index (χ1) is 8.24. The highest BCUT2D eigenvalue weighted by Crippen LogP contribution is 2.28. The molecular formula is C14H18N2O. The molecule has 0 saturated heterocycles. The minimum absolute atomic E-state index is 0.424. The summed E-state index contributed by atoms with van der Waals surface area (Å²) in [5, 5.41) is 3.71. The Labute approximate surface area is 102 Å². The molecule has 0 atom stereocenters. The number of nitrogens with zero attached hydrogens (tertiary/aromatic N) is 1. The minimum atomic E-state index is 0.424. The number of nitrogen functional groups attached to an aromatic ring is 1. The first-order valence-electron chi connectivity index (χ1n) is 6.07. The monoisotopic (exact) mass is 230 g/mol. The van der Waals surface area contributed by atoms with E-state index in [1.807, 2.05) is 6.07 Å². The Balaban J connectivity index is 2.34. The molecule has 0 aliphatic heterocycles. The molecule has 0 radical (unpaired) electrons. The van der Waals surface area contributed by atoms with Crippen LogP contribution < -0.4 is 5.73 Å². The van der Waals surface area contributed by atoms with Crippen LogP contribution in [0, 0.1) is 0 Å². The lowest BCUT2D eigenvalue weighted by molar-refractivity contribution is 0.435. The van der Waals surface area contributed by atoms with Crippen LogP contribution in [0.5, 0.6) is 0 Å². The van der Waals surface area contributed by atoms with Crippen molar-refractivity contribution in [2.24, 2.45) is 0 Å². The van der Waals surface area contributed by atoms with Gasteiger partial charge in [-0.05, 0) is 30.4 Å². The van der Waals surface area contributed by atoms with Crippen molar-refractivity contribution in [2.45, 2.75) is 32.6 Å². The molecule has 0 amide bonds. The predicted molar refractivity (Wildman–Crippen MR) is 69.7 cm³/mol. The number of benzene rings is 1. The van der Waals surface area contributed by atoms with E-state index in [1.54, 1.807) is 6.07 Å².